The first-order valence-corrected chi connectivity index (χ1v) is 10.8. The number of hydrogen-bond donors (Lipinski definition) is 4. The molecule has 0 aliphatic carbocycles. The minimum atomic E-state index is -1.24. The van der Waals surface area contributed by atoms with E-state index in [0.717, 1.165) is 0 Å². The lowest BCUT2D eigenvalue weighted by Gasteiger charge is -2.12. The van der Waals surface area contributed by atoms with E-state index >= 15 is 0 Å². The van der Waals surface area contributed by atoms with Crippen LogP contribution < -0.4 is 15.2 Å². The largest absolute Gasteiger partial charge is 0.478 e. The highest BCUT2D eigenvalue weighted by molar-refractivity contribution is 5.98. The number of amides is 1. The molecule has 2 heterocycles. The molecule has 2 aromatic heterocycles. The number of nitrogen functional groups attached to an aromatic ring is 1. The topological polar surface area (TPSA) is 180 Å². The van der Waals surface area contributed by atoms with Gasteiger partial charge in [0.15, 0.2) is 5.65 Å². The standard InChI is InChI=1S/C24H23N7O5/c1-4-17-27-18-20(28-17)29-24(36-16-11-12(19(25)26)8-9-15(16)23(33)34)30-21(18)35-14-7-5-6-13(10-14)22(32)31(2)3/h5-11H,4H2,1-3H3,(H3,25,26)(H,33,34)(H,27,28,29,30). The third-order valence-corrected chi connectivity index (χ3v) is 5.11. The maximum atomic E-state index is 12.4. The summed E-state index contributed by atoms with van der Waals surface area (Å²) < 4.78 is 11.7. The molecular weight excluding hydrogens is 466 g/mol. The molecule has 12 heteroatoms. The number of amidine groups is 1. The summed E-state index contributed by atoms with van der Waals surface area (Å²) in [6.45, 7) is 1.91. The average Bonchev–Trinajstić information content (AvgIpc) is 3.27. The monoisotopic (exact) mass is 489 g/mol. The quantitative estimate of drug-likeness (QED) is 0.213. The number of nitrogens with two attached hydrogens (primary N) is 1. The molecular formula is C24H23N7O5. The Hall–Kier alpha value is -5.00. The third kappa shape index (κ3) is 4.92. The van der Waals surface area contributed by atoms with E-state index in [1.165, 1.54) is 23.1 Å². The van der Waals surface area contributed by atoms with Gasteiger partial charge in [-0.2, -0.15) is 9.97 Å². The number of imidazole rings is 1. The van der Waals surface area contributed by atoms with Gasteiger partial charge in [-0.25, -0.2) is 9.78 Å². The number of fused-ring (bicyclic) bond motifs is 1. The molecule has 0 aliphatic heterocycles. The Kier molecular flexibility index (Phi) is 6.50. The van der Waals surface area contributed by atoms with Gasteiger partial charge in [-0.3, -0.25) is 10.2 Å². The van der Waals surface area contributed by atoms with Crippen LogP contribution in [0.25, 0.3) is 11.2 Å². The molecule has 2 aromatic carbocycles. The molecule has 4 aromatic rings. The Morgan fingerprint density at radius 2 is 1.86 bits per heavy atom. The molecule has 0 unspecified atom stereocenters. The van der Waals surface area contributed by atoms with Crippen LogP contribution in [0.15, 0.2) is 42.5 Å². The molecule has 0 aliphatic rings. The summed E-state index contributed by atoms with van der Waals surface area (Å²) in [5.41, 5.74) is 6.71. The zero-order chi connectivity index (χ0) is 26.0. The van der Waals surface area contributed by atoms with Gasteiger partial charge in [0.25, 0.3) is 11.8 Å². The second-order valence-corrected chi connectivity index (χ2v) is 7.91. The predicted molar refractivity (Wildman–Crippen MR) is 130 cm³/mol. The molecule has 36 heavy (non-hydrogen) atoms. The molecule has 12 nitrogen and oxygen atoms in total. The first-order chi connectivity index (χ1) is 17.2. The highest BCUT2D eigenvalue weighted by Crippen LogP contribution is 2.31. The summed E-state index contributed by atoms with van der Waals surface area (Å²) in [5.74, 6) is -0.772. The van der Waals surface area contributed by atoms with Gasteiger partial charge in [0.05, 0.1) is 0 Å². The number of aryl methyl sites for hydroxylation is 1. The molecule has 0 atom stereocenters. The number of benzene rings is 2. The van der Waals surface area contributed by atoms with Crippen molar-refractivity contribution in [2.24, 2.45) is 5.73 Å². The maximum absolute atomic E-state index is 12.4. The van der Waals surface area contributed by atoms with Gasteiger partial charge in [0, 0.05) is 31.6 Å². The number of aromatic carboxylic acids is 1. The van der Waals surface area contributed by atoms with Crippen LogP contribution in [-0.4, -0.2) is 61.7 Å². The highest BCUT2D eigenvalue weighted by atomic mass is 16.5. The Balaban J connectivity index is 1.78. The van der Waals surface area contributed by atoms with E-state index in [0.29, 0.717) is 29.1 Å². The number of nitrogens with zero attached hydrogens (tertiary/aromatic N) is 4. The van der Waals surface area contributed by atoms with Gasteiger partial charge in [0.2, 0.25) is 0 Å². The van der Waals surface area contributed by atoms with E-state index in [9.17, 15) is 14.7 Å². The van der Waals surface area contributed by atoms with Crippen LogP contribution in [-0.2, 0) is 6.42 Å². The summed E-state index contributed by atoms with van der Waals surface area (Å²) in [4.78, 5) is 41.7. The molecule has 0 saturated carbocycles. The fourth-order valence-corrected chi connectivity index (χ4v) is 3.30. The van der Waals surface area contributed by atoms with E-state index in [1.54, 1.807) is 38.4 Å². The fraction of sp³-hybridized carbons (Fsp3) is 0.167. The van der Waals surface area contributed by atoms with E-state index in [2.05, 4.69) is 19.9 Å². The van der Waals surface area contributed by atoms with Crippen molar-refractivity contribution in [3.63, 3.8) is 0 Å². The smallest absolute Gasteiger partial charge is 0.339 e. The molecule has 0 saturated heterocycles. The van der Waals surface area contributed by atoms with E-state index in [-0.39, 0.29) is 46.2 Å². The number of rotatable bonds is 8. The van der Waals surface area contributed by atoms with Crippen LogP contribution in [0.1, 0.15) is 39.0 Å². The third-order valence-electron chi connectivity index (χ3n) is 5.11. The maximum Gasteiger partial charge on any atom is 0.339 e. The van der Waals surface area contributed by atoms with Crippen molar-refractivity contribution >= 4 is 28.9 Å². The first-order valence-electron chi connectivity index (χ1n) is 10.8. The van der Waals surface area contributed by atoms with Crippen LogP contribution in [0.2, 0.25) is 0 Å². The number of aromatic amines is 1. The minimum absolute atomic E-state index is 0.0660. The molecule has 0 spiro atoms. The first kappa shape index (κ1) is 24.1. The number of ether oxygens (including phenoxy) is 2. The second-order valence-electron chi connectivity index (χ2n) is 7.91. The zero-order valence-electron chi connectivity index (χ0n) is 19.7. The number of carbonyl (C=O) groups is 2. The number of carboxylic acids is 1. The molecule has 0 bridgehead atoms. The SMILES string of the molecule is CCc1nc2nc(Oc3cc(C(=N)N)ccc3C(=O)O)nc(Oc3cccc(C(=O)N(C)C)c3)c2[nH]1. The lowest BCUT2D eigenvalue weighted by molar-refractivity contribution is 0.0693. The van der Waals surface area contributed by atoms with Gasteiger partial charge >= 0.3 is 12.0 Å². The molecule has 5 N–H and O–H groups in total. The minimum Gasteiger partial charge on any atom is -0.478 e. The summed E-state index contributed by atoms with van der Waals surface area (Å²) >= 11 is 0. The highest BCUT2D eigenvalue weighted by Gasteiger charge is 2.20. The van der Waals surface area contributed by atoms with E-state index in [1.807, 2.05) is 6.92 Å². The average molecular weight is 489 g/mol. The number of carboxylic acid groups (broad SMARTS) is 1. The van der Waals surface area contributed by atoms with E-state index < -0.39 is 5.97 Å². The summed E-state index contributed by atoms with van der Waals surface area (Å²) in [7, 11) is 3.30. The van der Waals surface area contributed by atoms with Crippen LogP contribution in [0.3, 0.4) is 0 Å². The zero-order valence-corrected chi connectivity index (χ0v) is 19.7. The normalized spacial score (nSPS) is 10.8. The molecule has 4 rings (SSSR count). The van der Waals surface area contributed by atoms with Gasteiger partial charge in [-0.05, 0) is 30.3 Å². The van der Waals surface area contributed by atoms with E-state index in [4.69, 9.17) is 20.6 Å². The summed E-state index contributed by atoms with van der Waals surface area (Å²) in [5, 5.41) is 17.2. The van der Waals surface area contributed by atoms with Crippen molar-refractivity contribution in [3.05, 3.63) is 65.0 Å². The Bertz CT molecular complexity index is 1500. The van der Waals surface area contributed by atoms with Crippen molar-refractivity contribution in [3.8, 4) is 23.4 Å². The van der Waals surface area contributed by atoms with Crippen LogP contribution in [0.5, 0.6) is 23.4 Å². The second kappa shape index (κ2) is 9.70. The van der Waals surface area contributed by atoms with Crippen LogP contribution in [0, 0.1) is 5.41 Å². The van der Waals surface area contributed by atoms with Crippen LogP contribution in [0.4, 0.5) is 0 Å². The summed E-state index contributed by atoms with van der Waals surface area (Å²) in [6, 6.07) is 10.4. The van der Waals surface area contributed by atoms with Crippen molar-refractivity contribution in [1.82, 2.24) is 24.8 Å². The Morgan fingerprint density at radius 3 is 2.53 bits per heavy atom. The molecule has 0 fully saturated rings. The molecule has 0 radical (unpaired) electrons. The molecule has 184 valence electrons. The van der Waals surface area contributed by atoms with Crippen LogP contribution >= 0.6 is 0 Å². The van der Waals surface area contributed by atoms with Gasteiger partial charge in [0.1, 0.15) is 34.2 Å². The van der Waals surface area contributed by atoms with Gasteiger partial charge < -0.3 is 30.2 Å². The lowest BCUT2D eigenvalue weighted by atomic mass is 10.1. The number of aromatic nitrogens is 4. The Labute approximate surface area is 205 Å². The predicted octanol–water partition coefficient (Wildman–Crippen LogP) is 3.18. The van der Waals surface area contributed by atoms with Crippen molar-refractivity contribution in [2.75, 3.05) is 14.1 Å². The van der Waals surface area contributed by atoms with Crippen molar-refractivity contribution in [1.29, 1.82) is 5.41 Å². The number of nitrogens with one attached hydrogen (secondary N) is 2. The number of H-pyrrole nitrogens is 1. The summed E-state index contributed by atoms with van der Waals surface area (Å²) in [6.07, 6.45) is 0.586. The fourth-order valence-electron chi connectivity index (χ4n) is 3.30. The number of hydrogen-bond acceptors (Lipinski definition) is 8. The van der Waals surface area contributed by atoms with Crippen molar-refractivity contribution in [2.45, 2.75) is 13.3 Å². The lowest BCUT2D eigenvalue weighted by Crippen LogP contribution is -2.21. The van der Waals surface area contributed by atoms with Gasteiger partial charge in [-0.1, -0.05) is 19.1 Å². The Morgan fingerprint density at radius 1 is 1.08 bits per heavy atom. The van der Waals surface area contributed by atoms with Crippen molar-refractivity contribution < 1.29 is 24.2 Å². The van der Waals surface area contributed by atoms with Gasteiger partial charge in [-0.15, -0.1) is 0 Å². The number of carbonyl (C=O) groups excluding carboxylic acids is 1. The molecule has 1 amide bonds.